The highest BCUT2D eigenvalue weighted by atomic mass is 19.4. The molecular weight excluding hydrogens is 440 g/mol. The number of fused-ring (bicyclic) bond motifs is 1. The zero-order valence-corrected chi connectivity index (χ0v) is 18.6. The van der Waals surface area contributed by atoms with Crippen molar-refractivity contribution < 1.29 is 22.3 Å². The van der Waals surface area contributed by atoms with Crippen LogP contribution in [0.2, 0.25) is 0 Å². The molecule has 0 atom stereocenters. The van der Waals surface area contributed by atoms with Crippen molar-refractivity contribution in [2.24, 2.45) is 11.8 Å². The summed E-state index contributed by atoms with van der Waals surface area (Å²) in [6, 6.07) is 14.4. The molecule has 174 valence electrons. The molecule has 1 aliphatic rings. The van der Waals surface area contributed by atoms with Crippen LogP contribution in [0.5, 0.6) is 5.75 Å². The van der Waals surface area contributed by atoms with Crippen molar-refractivity contribution in [3.8, 4) is 29.9 Å². The van der Waals surface area contributed by atoms with Crippen molar-refractivity contribution in [1.82, 2.24) is 0 Å². The number of ether oxygens (including phenoxy) is 1. The first-order chi connectivity index (χ1) is 16.3. The van der Waals surface area contributed by atoms with E-state index in [1.54, 1.807) is 12.1 Å². The molecule has 3 aromatic carbocycles. The smallest absolute Gasteiger partial charge is 0.406 e. The van der Waals surface area contributed by atoms with Crippen molar-refractivity contribution in [2.75, 3.05) is 0 Å². The minimum Gasteiger partial charge on any atom is -0.406 e. The molecule has 1 fully saturated rings. The number of benzene rings is 3. The summed E-state index contributed by atoms with van der Waals surface area (Å²) >= 11 is 0. The average Bonchev–Trinajstić information content (AvgIpc) is 2.82. The summed E-state index contributed by atoms with van der Waals surface area (Å²) in [5, 5.41) is 1.32. The fourth-order valence-corrected chi connectivity index (χ4v) is 4.46. The molecule has 0 saturated heterocycles. The molecule has 5 heteroatoms. The Kier molecular flexibility index (Phi) is 7.13. The Hall–Kier alpha value is -3.44. The van der Waals surface area contributed by atoms with E-state index in [2.05, 4.69) is 22.5 Å². The summed E-state index contributed by atoms with van der Waals surface area (Å²) in [5.41, 5.74) is 1.88. The summed E-state index contributed by atoms with van der Waals surface area (Å²) in [7, 11) is 0. The van der Waals surface area contributed by atoms with Crippen LogP contribution < -0.4 is 4.74 Å². The van der Waals surface area contributed by atoms with Gasteiger partial charge < -0.3 is 4.74 Å². The van der Waals surface area contributed by atoms with Gasteiger partial charge >= 0.3 is 6.36 Å². The standard InChI is InChI=1S/C29H24F4O/c1-2-20-3-5-21(6-4-20)7-8-23-12-18-27-25(19-23)15-14-24(28(27)30)13-9-22-10-16-26(17-11-22)34-29(31,32)33/h1,10-12,14-21H,3-8H2. The van der Waals surface area contributed by atoms with Crippen LogP contribution in [0.25, 0.3) is 10.8 Å². The van der Waals surface area contributed by atoms with Crippen LogP contribution in [0.3, 0.4) is 0 Å². The van der Waals surface area contributed by atoms with Gasteiger partial charge in [0.2, 0.25) is 0 Å². The van der Waals surface area contributed by atoms with E-state index in [1.165, 1.54) is 42.7 Å². The van der Waals surface area contributed by atoms with E-state index < -0.39 is 12.2 Å². The minimum absolute atomic E-state index is 0.237. The zero-order valence-electron chi connectivity index (χ0n) is 18.6. The maximum atomic E-state index is 15.0. The van der Waals surface area contributed by atoms with Crippen LogP contribution in [0.15, 0.2) is 54.6 Å². The number of rotatable bonds is 4. The van der Waals surface area contributed by atoms with E-state index in [4.69, 9.17) is 6.42 Å². The summed E-state index contributed by atoms with van der Waals surface area (Å²) in [6.45, 7) is 0. The molecule has 4 rings (SSSR count). The second kappa shape index (κ2) is 10.2. The third kappa shape index (κ3) is 6.12. The molecule has 0 aromatic heterocycles. The van der Waals surface area contributed by atoms with Crippen LogP contribution in [0.4, 0.5) is 17.6 Å². The van der Waals surface area contributed by atoms with Crippen molar-refractivity contribution in [3.63, 3.8) is 0 Å². The van der Waals surface area contributed by atoms with Crippen molar-refractivity contribution in [2.45, 2.75) is 44.9 Å². The Balaban J connectivity index is 1.43. The van der Waals surface area contributed by atoms with Crippen LogP contribution >= 0.6 is 0 Å². The molecule has 1 saturated carbocycles. The molecule has 1 aliphatic carbocycles. The fourth-order valence-electron chi connectivity index (χ4n) is 4.46. The number of halogens is 4. The van der Waals surface area contributed by atoms with Gasteiger partial charge in [-0.3, -0.25) is 0 Å². The SMILES string of the molecule is C#CC1CCC(CCc2ccc3c(F)c(C#Cc4ccc(OC(F)(F)F)cc4)ccc3c2)CC1. The molecule has 1 nitrogen and oxygen atoms in total. The van der Waals surface area contributed by atoms with Crippen LogP contribution in [0.1, 0.15) is 48.8 Å². The lowest BCUT2D eigenvalue weighted by Crippen LogP contribution is -2.16. The van der Waals surface area contributed by atoms with E-state index in [0.29, 0.717) is 22.8 Å². The molecular formula is C29H24F4O. The second-order valence-corrected chi connectivity index (χ2v) is 8.73. The Morgan fingerprint density at radius 1 is 0.912 bits per heavy atom. The van der Waals surface area contributed by atoms with Crippen LogP contribution in [-0.2, 0) is 6.42 Å². The average molecular weight is 465 g/mol. The Morgan fingerprint density at radius 2 is 1.65 bits per heavy atom. The van der Waals surface area contributed by atoms with Gasteiger partial charge in [0.1, 0.15) is 11.6 Å². The van der Waals surface area contributed by atoms with E-state index in [0.717, 1.165) is 31.1 Å². The van der Waals surface area contributed by atoms with Gasteiger partial charge in [0.05, 0.1) is 5.56 Å². The van der Waals surface area contributed by atoms with Crippen LogP contribution in [-0.4, -0.2) is 6.36 Å². The number of hydrogen-bond acceptors (Lipinski definition) is 1. The predicted molar refractivity (Wildman–Crippen MR) is 126 cm³/mol. The van der Waals surface area contributed by atoms with Gasteiger partial charge in [-0.05, 0) is 85.7 Å². The topological polar surface area (TPSA) is 9.23 Å². The molecule has 0 unspecified atom stereocenters. The number of hydrogen-bond donors (Lipinski definition) is 0. The van der Waals surface area contributed by atoms with Crippen molar-refractivity contribution in [3.05, 3.63) is 77.1 Å². The summed E-state index contributed by atoms with van der Waals surface area (Å²) < 4.78 is 55.7. The Bertz CT molecular complexity index is 1250. The van der Waals surface area contributed by atoms with E-state index in [1.807, 2.05) is 18.2 Å². The van der Waals surface area contributed by atoms with E-state index in [9.17, 15) is 13.2 Å². The quantitative estimate of drug-likeness (QED) is 0.285. The van der Waals surface area contributed by atoms with Gasteiger partial charge in [-0.1, -0.05) is 36.1 Å². The predicted octanol–water partition coefficient (Wildman–Crippen LogP) is 7.65. The molecule has 34 heavy (non-hydrogen) atoms. The Morgan fingerprint density at radius 3 is 2.32 bits per heavy atom. The van der Waals surface area contributed by atoms with E-state index >= 15 is 4.39 Å². The van der Waals surface area contributed by atoms with Crippen LogP contribution in [0, 0.1) is 41.8 Å². The number of terminal acetylenes is 1. The zero-order chi connectivity index (χ0) is 24.1. The first-order valence-corrected chi connectivity index (χ1v) is 11.4. The molecule has 0 aliphatic heterocycles. The Labute approximate surface area is 197 Å². The minimum atomic E-state index is -4.75. The monoisotopic (exact) mass is 464 g/mol. The van der Waals surface area contributed by atoms with Gasteiger partial charge in [0, 0.05) is 16.9 Å². The molecule has 0 bridgehead atoms. The molecule has 0 amide bonds. The highest BCUT2D eigenvalue weighted by Gasteiger charge is 2.30. The first kappa shape index (κ1) is 23.7. The highest BCUT2D eigenvalue weighted by molar-refractivity contribution is 5.85. The largest absolute Gasteiger partial charge is 0.573 e. The summed E-state index contributed by atoms with van der Waals surface area (Å²) in [5.74, 6) is 8.84. The molecule has 0 N–H and O–H groups in total. The fraction of sp³-hybridized carbons (Fsp3) is 0.310. The lowest BCUT2D eigenvalue weighted by atomic mass is 9.80. The van der Waals surface area contributed by atoms with E-state index in [-0.39, 0.29) is 11.3 Å². The normalized spacial score (nSPS) is 18.1. The maximum Gasteiger partial charge on any atom is 0.573 e. The lowest BCUT2D eigenvalue weighted by Gasteiger charge is -2.25. The molecule has 0 heterocycles. The van der Waals surface area contributed by atoms with Gasteiger partial charge in [-0.2, -0.15) is 0 Å². The second-order valence-electron chi connectivity index (χ2n) is 8.73. The lowest BCUT2D eigenvalue weighted by molar-refractivity contribution is -0.274. The van der Waals surface area contributed by atoms with Crippen molar-refractivity contribution in [1.29, 1.82) is 0 Å². The third-order valence-corrected chi connectivity index (χ3v) is 6.37. The molecule has 0 spiro atoms. The van der Waals surface area contributed by atoms with Gasteiger partial charge in [0.15, 0.2) is 0 Å². The highest BCUT2D eigenvalue weighted by Crippen LogP contribution is 2.32. The van der Waals surface area contributed by atoms with Gasteiger partial charge in [-0.25, -0.2) is 4.39 Å². The molecule has 0 radical (unpaired) electrons. The third-order valence-electron chi connectivity index (χ3n) is 6.37. The number of alkyl halides is 3. The van der Waals surface area contributed by atoms with Gasteiger partial charge in [0.25, 0.3) is 0 Å². The maximum absolute atomic E-state index is 15.0. The van der Waals surface area contributed by atoms with Crippen molar-refractivity contribution >= 4 is 10.8 Å². The number of aryl methyl sites for hydroxylation is 1. The van der Waals surface area contributed by atoms with Gasteiger partial charge in [-0.15, -0.1) is 25.5 Å². The summed E-state index contributed by atoms with van der Waals surface area (Å²) in [6.07, 6.45) is 7.43. The molecule has 3 aromatic rings. The first-order valence-electron chi connectivity index (χ1n) is 11.4. The summed E-state index contributed by atoms with van der Waals surface area (Å²) in [4.78, 5) is 0.